The van der Waals surface area contributed by atoms with Crippen LogP contribution in [-0.2, 0) is 12.8 Å². The van der Waals surface area contributed by atoms with Gasteiger partial charge in [-0.3, -0.25) is 0 Å². The van der Waals surface area contributed by atoms with Gasteiger partial charge in [-0.2, -0.15) is 0 Å². The van der Waals surface area contributed by atoms with Gasteiger partial charge in [0.2, 0.25) is 0 Å². The first-order chi connectivity index (χ1) is 9.83. The van der Waals surface area contributed by atoms with E-state index < -0.39 is 0 Å². The lowest BCUT2D eigenvalue weighted by molar-refractivity contribution is 0.401. The Morgan fingerprint density at radius 1 is 1.15 bits per heavy atom. The molecule has 0 amide bonds. The van der Waals surface area contributed by atoms with Crippen LogP contribution in [0, 0.1) is 5.92 Å². The summed E-state index contributed by atoms with van der Waals surface area (Å²) in [6, 6.07) is 12.7. The smallest absolute Gasteiger partial charge is 0.122 e. The molecule has 1 unspecified atom stereocenters. The van der Waals surface area contributed by atoms with Crippen molar-refractivity contribution in [2.75, 3.05) is 20.2 Å². The monoisotopic (exact) mass is 289 g/mol. The van der Waals surface area contributed by atoms with Gasteiger partial charge in [0.15, 0.2) is 0 Å². The maximum absolute atomic E-state index is 5.47. The van der Waals surface area contributed by atoms with Crippen molar-refractivity contribution in [3.8, 4) is 5.75 Å². The molecule has 1 aromatic heterocycles. The Morgan fingerprint density at radius 3 is 2.70 bits per heavy atom. The molecule has 0 spiro atoms. The van der Waals surface area contributed by atoms with Gasteiger partial charge >= 0.3 is 0 Å². The molecule has 2 rings (SSSR count). The van der Waals surface area contributed by atoms with Crippen LogP contribution in [0.25, 0.3) is 0 Å². The lowest BCUT2D eigenvalue weighted by Crippen LogP contribution is -2.25. The number of hydrogen-bond donors (Lipinski definition) is 1. The highest BCUT2D eigenvalue weighted by molar-refractivity contribution is 7.09. The fourth-order valence-corrected chi connectivity index (χ4v) is 3.28. The van der Waals surface area contributed by atoms with Gasteiger partial charge in [0.05, 0.1) is 7.11 Å². The van der Waals surface area contributed by atoms with Crippen LogP contribution in [0.1, 0.15) is 17.4 Å². The van der Waals surface area contributed by atoms with E-state index in [2.05, 4.69) is 41.9 Å². The molecule has 0 saturated heterocycles. The molecule has 0 radical (unpaired) electrons. The van der Waals surface area contributed by atoms with E-state index in [0.717, 1.165) is 31.7 Å². The third-order valence-corrected chi connectivity index (χ3v) is 4.35. The number of ether oxygens (including phenoxy) is 1. The van der Waals surface area contributed by atoms with Gasteiger partial charge < -0.3 is 10.1 Å². The van der Waals surface area contributed by atoms with E-state index in [1.54, 1.807) is 7.11 Å². The number of nitrogens with one attached hydrogen (secondary N) is 1. The van der Waals surface area contributed by atoms with E-state index in [9.17, 15) is 0 Å². The molecule has 0 aliphatic heterocycles. The van der Waals surface area contributed by atoms with Crippen molar-refractivity contribution >= 4 is 11.3 Å². The summed E-state index contributed by atoms with van der Waals surface area (Å²) >= 11 is 1.85. The number of methoxy groups -OCH3 is 1. The van der Waals surface area contributed by atoms with Gasteiger partial charge in [0.1, 0.15) is 5.75 Å². The Hall–Kier alpha value is -1.32. The Kier molecular flexibility index (Phi) is 6.09. The number of hydrogen-bond acceptors (Lipinski definition) is 3. The van der Waals surface area contributed by atoms with Crippen LogP contribution in [0.3, 0.4) is 0 Å². The molecule has 1 N–H and O–H groups in total. The third kappa shape index (κ3) is 4.36. The predicted molar refractivity (Wildman–Crippen MR) is 86.8 cm³/mol. The summed E-state index contributed by atoms with van der Waals surface area (Å²) in [6.07, 6.45) is 2.18. The van der Waals surface area contributed by atoms with E-state index >= 15 is 0 Å². The van der Waals surface area contributed by atoms with Crippen LogP contribution in [0.5, 0.6) is 5.75 Å². The fourth-order valence-electron chi connectivity index (χ4n) is 2.46. The first-order valence-electron chi connectivity index (χ1n) is 7.18. The zero-order valence-electron chi connectivity index (χ0n) is 12.3. The van der Waals surface area contributed by atoms with Gasteiger partial charge in [-0.05, 0) is 54.9 Å². The first kappa shape index (κ1) is 15.1. The maximum atomic E-state index is 5.47. The number of thiophene rings is 1. The molecule has 1 aromatic carbocycles. The van der Waals surface area contributed by atoms with Crippen LogP contribution >= 0.6 is 11.3 Å². The molecule has 0 aliphatic carbocycles. The van der Waals surface area contributed by atoms with Gasteiger partial charge in [-0.1, -0.05) is 31.2 Å². The van der Waals surface area contributed by atoms with Crippen molar-refractivity contribution in [2.24, 2.45) is 5.92 Å². The topological polar surface area (TPSA) is 21.3 Å². The van der Waals surface area contributed by atoms with Gasteiger partial charge in [-0.25, -0.2) is 0 Å². The van der Waals surface area contributed by atoms with E-state index in [-0.39, 0.29) is 0 Å². The van der Waals surface area contributed by atoms with E-state index in [0.29, 0.717) is 5.92 Å². The molecule has 0 fully saturated rings. The second-order valence-electron chi connectivity index (χ2n) is 4.97. The number of para-hydroxylation sites is 1. The second-order valence-corrected chi connectivity index (χ2v) is 6.01. The largest absolute Gasteiger partial charge is 0.496 e. The van der Waals surface area contributed by atoms with Gasteiger partial charge in [0, 0.05) is 4.88 Å². The molecule has 1 atom stereocenters. The summed E-state index contributed by atoms with van der Waals surface area (Å²) in [5, 5.41) is 5.64. The van der Waals surface area contributed by atoms with E-state index in [1.807, 2.05) is 23.5 Å². The van der Waals surface area contributed by atoms with Crippen LogP contribution in [-0.4, -0.2) is 20.2 Å². The van der Waals surface area contributed by atoms with Crippen molar-refractivity contribution in [3.63, 3.8) is 0 Å². The van der Waals surface area contributed by atoms with Crippen LogP contribution in [0.15, 0.2) is 41.8 Å². The standard InChI is InChI=1S/C17H23NOS/c1-3-18-13-14(12-16-8-6-10-20-16)11-15-7-4-5-9-17(15)19-2/h4-10,14,18H,3,11-13H2,1-2H3. The molecule has 2 aromatic rings. The molecule has 108 valence electrons. The molecular weight excluding hydrogens is 266 g/mol. The van der Waals surface area contributed by atoms with E-state index in [1.165, 1.54) is 10.4 Å². The number of benzene rings is 1. The number of rotatable bonds is 8. The van der Waals surface area contributed by atoms with Crippen molar-refractivity contribution in [3.05, 3.63) is 52.2 Å². The Labute approximate surface area is 125 Å². The molecule has 0 saturated carbocycles. The zero-order valence-corrected chi connectivity index (χ0v) is 13.1. The van der Waals surface area contributed by atoms with Crippen LogP contribution < -0.4 is 10.1 Å². The van der Waals surface area contributed by atoms with Crippen molar-refractivity contribution < 1.29 is 4.74 Å². The van der Waals surface area contributed by atoms with Gasteiger partial charge in [0.25, 0.3) is 0 Å². The average molecular weight is 289 g/mol. The minimum Gasteiger partial charge on any atom is -0.496 e. The van der Waals surface area contributed by atoms with Crippen molar-refractivity contribution in [1.82, 2.24) is 5.32 Å². The third-order valence-electron chi connectivity index (χ3n) is 3.45. The Morgan fingerprint density at radius 2 is 2.00 bits per heavy atom. The quantitative estimate of drug-likeness (QED) is 0.799. The zero-order chi connectivity index (χ0) is 14.2. The summed E-state index contributed by atoms with van der Waals surface area (Å²) in [6.45, 7) is 4.23. The molecule has 0 bridgehead atoms. The van der Waals surface area contributed by atoms with Crippen molar-refractivity contribution in [2.45, 2.75) is 19.8 Å². The summed E-state index contributed by atoms with van der Waals surface area (Å²) in [7, 11) is 1.75. The molecule has 20 heavy (non-hydrogen) atoms. The molecule has 3 heteroatoms. The summed E-state index contributed by atoms with van der Waals surface area (Å²) in [5.74, 6) is 1.60. The summed E-state index contributed by atoms with van der Waals surface area (Å²) in [5.41, 5.74) is 1.30. The average Bonchev–Trinajstić information content (AvgIpc) is 2.98. The normalized spacial score (nSPS) is 12.3. The molecular formula is C17H23NOS. The Bertz CT molecular complexity index is 495. The summed E-state index contributed by atoms with van der Waals surface area (Å²) in [4.78, 5) is 1.46. The maximum Gasteiger partial charge on any atom is 0.122 e. The van der Waals surface area contributed by atoms with Crippen molar-refractivity contribution in [1.29, 1.82) is 0 Å². The highest BCUT2D eigenvalue weighted by atomic mass is 32.1. The predicted octanol–water partition coefficient (Wildman–Crippen LogP) is 3.77. The molecule has 0 aliphatic rings. The van der Waals surface area contributed by atoms with E-state index in [4.69, 9.17) is 4.74 Å². The first-order valence-corrected chi connectivity index (χ1v) is 8.06. The minimum absolute atomic E-state index is 0.602. The SMILES string of the molecule is CCNCC(Cc1cccs1)Cc1ccccc1OC. The van der Waals surface area contributed by atoms with Crippen LogP contribution in [0.2, 0.25) is 0 Å². The second kappa shape index (κ2) is 8.08. The summed E-state index contributed by atoms with van der Waals surface area (Å²) < 4.78 is 5.47. The minimum atomic E-state index is 0.602. The molecule has 1 heterocycles. The fraction of sp³-hybridized carbons (Fsp3) is 0.412. The lowest BCUT2D eigenvalue weighted by atomic mass is 9.94. The highest BCUT2D eigenvalue weighted by Crippen LogP contribution is 2.23. The highest BCUT2D eigenvalue weighted by Gasteiger charge is 2.13. The lowest BCUT2D eigenvalue weighted by Gasteiger charge is -2.18. The Balaban J connectivity index is 2.06. The van der Waals surface area contributed by atoms with Crippen LogP contribution in [0.4, 0.5) is 0 Å². The van der Waals surface area contributed by atoms with Gasteiger partial charge in [-0.15, -0.1) is 11.3 Å². The molecule has 2 nitrogen and oxygen atoms in total.